The minimum absolute atomic E-state index is 0.126. The first-order valence-electron chi connectivity index (χ1n) is 5.99. The molecule has 0 N–H and O–H groups in total. The summed E-state index contributed by atoms with van der Waals surface area (Å²) < 4.78 is 45.4. The molecule has 0 saturated heterocycles. The number of carbonyl (C=O) groups excluding carboxylic acids is 2. The zero-order chi connectivity index (χ0) is 15.2. The molecule has 0 aliphatic carbocycles. The Kier molecular flexibility index (Phi) is 6.86. The van der Waals surface area contributed by atoms with E-state index in [1.807, 2.05) is 13.8 Å². The average Bonchev–Trinajstić information content (AvgIpc) is 2.24. The monoisotopic (exact) mass is 284 g/mol. The van der Waals surface area contributed by atoms with E-state index in [1.54, 1.807) is 6.92 Å². The Morgan fingerprint density at radius 3 is 1.74 bits per heavy atom. The number of esters is 2. The number of ether oxygens (including phenoxy) is 2. The summed E-state index contributed by atoms with van der Waals surface area (Å²) in [5.74, 6) is -1.57. The predicted molar refractivity (Wildman–Crippen MR) is 61.2 cm³/mol. The van der Waals surface area contributed by atoms with Gasteiger partial charge in [0.1, 0.15) is 6.10 Å². The third-order valence-electron chi connectivity index (χ3n) is 2.56. The van der Waals surface area contributed by atoms with Gasteiger partial charge in [0.25, 0.3) is 0 Å². The molecule has 19 heavy (non-hydrogen) atoms. The fraction of sp³-hybridized carbons (Fsp3) is 0.833. The zero-order valence-corrected chi connectivity index (χ0v) is 11.4. The molecule has 0 fully saturated rings. The summed E-state index contributed by atoms with van der Waals surface area (Å²) >= 11 is 0. The number of rotatable bonds is 6. The first-order chi connectivity index (χ1) is 8.54. The molecule has 4 nitrogen and oxygen atoms in total. The van der Waals surface area contributed by atoms with E-state index in [-0.39, 0.29) is 18.4 Å². The molecule has 112 valence electrons. The highest BCUT2D eigenvalue weighted by Crippen LogP contribution is 2.22. The van der Waals surface area contributed by atoms with Crippen LogP contribution in [0, 0.1) is 5.92 Å². The molecule has 0 aromatic carbocycles. The van der Waals surface area contributed by atoms with Gasteiger partial charge >= 0.3 is 18.1 Å². The normalized spacial score (nSPS) is 14.9. The molecule has 7 heteroatoms. The molecule has 0 heterocycles. The topological polar surface area (TPSA) is 52.6 Å². The molecule has 0 bridgehead atoms. The van der Waals surface area contributed by atoms with Gasteiger partial charge in [-0.05, 0) is 19.8 Å². The lowest BCUT2D eigenvalue weighted by atomic mass is 10.1. The van der Waals surface area contributed by atoms with Crippen LogP contribution in [0.1, 0.15) is 40.5 Å². The summed E-state index contributed by atoms with van der Waals surface area (Å²) in [6.45, 7) is 6.15. The number of halogens is 3. The highest BCUT2D eigenvalue weighted by atomic mass is 19.4. The van der Waals surface area contributed by atoms with Crippen LogP contribution in [-0.2, 0) is 19.1 Å². The van der Waals surface area contributed by atoms with Crippen molar-refractivity contribution in [3.05, 3.63) is 0 Å². The smallest absolute Gasteiger partial charge is 0.425 e. The van der Waals surface area contributed by atoms with E-state index < -0.39 is 30.6 Å². The van der Waals surface area contributed by atoms with Crippen molar-refractivity contribution in [1.29, 1.82) is 0 Å². The molecule has 0 saturated carbocycles. The van der Waals surface area contributed by atoms with Gasteiger partial charge in [0.2, 0.25) is 0 Å². The van der Waals surface area contributed by atoms with Crippen LogP contribution in [0.5, 0.6) is 0 Å². The standard InChI is InChI=1S/C12H19F3O4/c1-7(2)8(3)18-10(16)5-6-11(17)19-9(4)12(13,14)15/h7-9H,5-6H2,1-4H3. The van der Waals surface area contributed by atoms with Gasteiger partial charge in [-0.25, -0.2) is 0 Å². The maximum atomic E-state index is 12.1. The largest absolute Gasteiger partial charge is 0.462 e. The number of alkyl halides is 3. The second-order valence-corrected chi connectivity index (χ2v) is 4.61. The van der Waals surface area contributed by atoms with E-state index in [2.05, 4.69) is 4.74 Å². The first-order valence-corrected chi connectivity index (χ1v) is 5.99. The molecule has 0 spiro atoms. The van der Waals surface area contributed by atoms with E-state index in [0.29, 0.717) is 0 Å². The van der Waals surface area contributed by atoms with Gasteiger partial charge < -0.3 is 9.47 Å². The summed E-state index contributed by atoms with van der Waals surface area (Å²) in [6.07, 6.45) is -7.80. The molecule has 2 atom stereocenters. The maximum absolute atomic E-state index is 12.1. The predicted octanol–water partition coefficient (Wildman–Crippen LogP) is 2.85. The number of carbonyl (C=O) groups is 2. The van der Waals surface area contributed by atoms with Crippen molar-refractivity contribution in [2.24, 2.45) is 5.92 Å². The molecule has 0 aromatic rings. The lowest BCUT2D eigenvalue weighted by Gasteiger charge is -2.17. The average molecular weight is 284 g/mol. The SMILES string of the molecule is CC(C)C(C)OC(=O)CCC(=O)OC(C)C(F)(F)F. The van der Waals surface area contributed by atoms with Gasteiger partial charge in [0.05, 0.1) is 12.8 Å². The highest BCUT2D eigenvalue weighted by Gasteiger charge is 2.39. The molecule has 0 radical (unpaired) electrons. The lowest BCUT2D eigenvalue weighted by molar-refractivity contribution is -0.216. The number of hydrogen-bond donors (Lipinski definition) is 0. The van der Waals surface area contributed by atoms with Gasteiger partial charge in [-0.3, -0.25) is 9.59 Å². The van der Waals surface area contributed by atoms with Crippen LogP contribution in [0.25, 0.3) is 0 Å². The summed E-state index contributed by atoms with van der Waals surface area (Å²) in [5.41, 5.74) is 0. The summed E-state index contributed by atoms with van der Waals surface area (Å²) in [6, 6.07) is 0. The molecular weight excluding hydrogens is 265 g/mol. The second kappa shape index (κ2) is 7.35. The Labute approximate surface area is 110 Å². The molecular formula is C12H19F3O4. The molecule has 2 unspecified atom stereocenters. The van der Waals surface area contributed by atoms with Crippen LogP contribution in [-0.4, -0.2) is 30.3 Å². The first kappa shape index (κ1) is 17.7. The molecule has 0 rings (SSSR count). The van der Waals surface area contributed by atoms with Gasteiger partial charge in [0.15, 0.2) is 6.10 Å². The van der Waals surface area contributed by atoms with Crippen molar-refractivity contribution in [3.8, 4) is 0 Å². The van der Waals surface area contributed by atoms with Crippen molar-refractivity contribution in [2.75, 3.05) is 0 Å². The summed E-state index contributed by atoms with van der Waals surface area (Å²) in [7, 11) is 0. The third kappa shape index (κ3) is 7.69. The molecule has 0 aromatic heterocycles. The summed E-state index contributed by atoms with van der Waals surface area (Å²) in [5, 5.41) is 0. The van der Waals surface area contributed by atoms with Crippen LogP contribution in [0.15, 0.2) is 0 Å². The van der Waals surface area contributed by atoms with Crippen LogP contribution in [0.2, 0.25) is 0 Å². The molecule has 0 amide bonds. The third-order valence-corrected chi connectivity index (χ3v) is 2.56. The van der Waals surface area contributed by atoms with Crippen molar-refractivity contribution < 1.29 is 32.2 Å². The fourth-order valence-electron chi connectivity index (χ4n) is 0.929. The van der Waals surface area contributed by atoms with Gasteiger partial charge in [-0.2, -0.15) is 13.2 Å². The van der Waals surface area contributed by atoms with E-state index in [0.717, 1.165) is 6.92 Å². The van der Waals surface area contributed by atoms with Crippen molar-refractivity contribution in [2.45, 2.75) is 58.9 Å². The van der Waals surface area contributed by atoms with Crippen LogP contribution < -0.4 is 0 Å². The minimum Gasteiger partial charge on any atom is -0.462 e. The van der Waals surface area contributed by atoms with Crippen molar-refractivity contribution in [1.82, 2.24) is 0 Å². The van der Waals surface area contributed by atoms with Crippen molar-refractivity contribution in [3.63, 3.8) is 0 Å². The van der Waals surface area contributed by atoms with Gasteiger partial charge in [-0.1, -0.05) is 13.8 Å². The van der Waals surface area contributed by atoms with E-state index in [9.17, 15) is 22.8 Å². The van der Waals surface area contributed by atoms with E-state index >= 15 is 0 Å². The zero-order valence-electron chi connectivity index (χ0n) is 11.4. The Hall–Kier alpha value is -1.27. The highest BCUT2D eigenvalue weighted by molar-refractivity contribution is 5.77. The van der Waals surface area contributed by atoms with E-state index in [4.69, 9.17) is 4.74 Å². The maximum Gasteiger partial charge on any atom is 0.425 e. The van der Waals surface area contributed by atoms with Crippen LogP contribution in [0.3, 0.4) is 0 Å². The van der Waals surface area contributed by atoms with Crippen LogP contribution in [0.4, 0.5) is 13.2 Å². The Morgan fingerprint density at radius 2 is 1.37 bits per heavy atom. The van der Waals surface area contributed by atoms with E-state index in [1.165, 1.54) is 0 Å². The number of hydrogen-bond acceptors (Lipinski definition) is 4. The van der Waals surface area contributed by atoms with Crippen LogP contribution >= 0.6 is 0 Å². The van der Waals surface area contributed by atoms with Crippen molar-refractivity contribution >= 4 is 11.9 Å². The van der Waals surface area contributed by atoms with Gasteiger partial charge in [-0.15, -0.1) is 0 Å². The fourth-order valence-corrected chi connectivity index (χ4v) is 0.929. The quantitative estimate of drug-likeness (QED) is 0.704. The van der Waals surface area contributed by atoms with Gasteiger partial charge in [0, 0.05) is 0 Å². The Balaban J connectivity index is 4.01. The Bertz CT molecular complexity index is 313. The summed E-state index contributed by atoms with van der Waals surface area (Å²) in [4.78, 5) is 22.4. The minimum atomic E-state index is -4.59. The molecule has 0 aliphatic rings. The second-order valence-electron chi connectivity index (χ2n) is 4.61. The molecule has 0 aliphatic heterocycles. The Morgan fingerprint density at radius 1 is 0.947 bits per heavy atom. The lowest BCUT2D eigenvalue weighted by Crippen LogP contribution is -2.31.